The van der Waals surface area contributed by atoms with Crippen LogP contribution < -0.4 is 20.1 Å². The molecular formula is C33H33Cl2N7O3. The van der Waals surface area contributed by atoms with Gasteiger partial charge in [0.05, 0.1) is 41.3 Å². The minimum Gasteiger partial charge on any atom is -0.495 e. The maximum atomic E-state index is 12.4. The van der Waals surface area contributed by atoms with Gasteiger partial charge in [-0.15, -0.1) is 0 Å². The zero-order chi connectivity index (χ0) is 31.8. The van der Waals surface area contributed by atoms with E-state index in [-0.39, 0.29) is 5.91 Å². The van der Waals surface area contributed by atoms with Crippen molar-refractivity contribution in [2.75, 3.05) is 45.0 Å². The summed E-state index contributed by atoms with van der Waals surface area (Å²) >= 11 is 13.6. The molecule has 1 aliphatic heterocycles. The molecule has 0 radical (unpaired) electrons. The molecule has 10 nitrogen and oxygen atoms in total. The Morgan fingerprint density at radius 2 is 1.73 bits per heavy atom. The lowest BCUT2D eigenvalue weighted by Crippen LogP contribution is -2.29. The summed E-state index contributed by atoms with van der Waals surface area (Å²) in [6.45, 7) is 7.59. The van der Waals surface area contributed by atoms with Gasteiger partial charge < -0.3 is 25.0 Å². The summed E-state index contributed by atoms with van der Waals surface area (Å²) in [4.78, 5) is 29.0. The number of benzene rings is 2. The second kappa shape index (κ2) is 12.5. The lowest BCUT2D eigenvalue weighted by molar-refractivity contribution is -0.111. The van der Waals surface area contributed by atoms with Crippen LogP contribution in [0.5, 0.6) is 11.5 Å². The number of nitrogens with zero attached hydrogens (tertiary/aromatic N) is 5. The number of aryl methyl sites for hydroxylation is 1. The average Bonchev–Trinajstić information content (AvgIpc) is 3.44. The smallest absolute Gasteiger partial charge is 0.247 e. The number of nitrogens with one attached hydrogen (secondary N) is 2. The summed E-state index contributed by atoms with van der Waals surface area (Å²) in [5, 5.41) is 7.66. The van der Waals surface area contributed by atoms with Crippen molar-refractivity contribution < 1.29 is 14.3 Å². The van der Waals surface area contributed by atoms with E-state index in [1.165, 1.54) is 25.9 Å². The van der Waals surface area contributed by atoms with Gasteiger partial charge in [-0.1, -0.05) is 35.8 Å². The van der Waals surface area contributed by atoms with Crippen molar-refractivity contribution in [2.24, 2.45) is 0 Å². The molecule has 0 bridgehead atoms. The monoisotopic (exact) mass is 645 g/mol. The predicted octanol–water partition coefficient (Wildman–Crippen LogP) is 7.25. The number of piperidine rings is 1. The number of hydrogen-bond acceptors (Lipinski definition) is 8. The molecule has 45 heavy (non-hydrogen) atoms. The van der Waals surface area contributed by atoms with Crippen LogP contribution in [0.2, 0.25) is 10.0 Å². The Hall–Kier alpha value is -4.38. The molecule has 1 aliphatic rings. The zero-order valence-electron chi connectivity index (χ0n) is 25.4. The molecule has 0 saturated carbocycles. The van der Waals surface area contributed by atoms with E-state index in [2.05, 4.69) is 40.2 Å². The summed E-state index contributed by atoms with van der Waals surface area (Å²) in [5.74, 6) is 1.32. The first kappa shape index (κ1) is 30.6. The normalized spacial score (nSPS) is 14.1. The highest BCUT2D eigenvalue weighted by Crippen LogP contribution is 2.47. The molecule has 0 atom stereocenters. The van der Waals surface area contributed by atoms with E-state index < -0.39 is 0 Å². The van der Waals surface area contributed by atoms with Crippen molar-refractivity contribution in [1.82, 2.24) is 24.3 Å². The maximum absolute atomic E-state index is 12.4. The molecule has 4 heterocycles. The fourth-order valence-corrected chi connectivity index (χ4v) is 6.49. The number of amides is 1. The Morgan fingerprint density at radius 1 is 1.02 bits per heavy atom. The van der Waals surface area contributed by atoms with E-state index in [1.807, 2.05) is 35.7 Å². The van der Waals surface area contributed by atoms with Crippen LogP contribution in [-0.4, -0.2) is 64.5 Å². The summed E-state index contributed by atoms with van der Waals surface area (Å²) in [6.07, 6.45) is 6.99. The Balaban J connectivity index is 1.43. The second-order valence-corrected chi connectivity index (χ2v) is 11.8. The van der Waals surface area contributed by atoms with Gasteiger partial charge in [-0.3, -0.25) is 9.20 Å². The van der Waals surface area contributed by atoms with Crippen LogP contribution in [0.25, 0.3) is 27.8 Å². The van der Waals surface area contributed by atoms with Gasteiger partial charge in [0, 0.05) is 35.0 Å². The third-order valence-electron chi connectivity index (χ3n) is 8.16. The van der Waals surface area contributed by atoms with Gasteiger partial charge in [0.2, 0.25) is 11.9 Å². The number of anilines is 3. The lowest BCUT2D eigenvalue weighted by Gasteiger charge is -2.29. The van der Waals surface area contributed by atoms with E-state index in [9.17, 15) is 4.79 Å². The molecule has 12 heteroatoms. The number of carbonyl (C=O) groups is 1. The number of imidazole rings is 1. The average molecular weight is 647 g/mol. The van der Waals surface area contributed by atoms with Crippen molar-refractivity contribution in [3.8, 4) is 22.6 Å². The minimum absolute atomic E-state index is 0.298. The molecule has 3 aromatic heterocycles. The molecule has 2 N–H and O–H groups in total. The maximum Gasteiger partial charge on any atom is 0.247 e. The Kier molecular flexibility index (Phi) is 8.54. The van der Waals surface area contributed by atoms with E-state index in [0.717, 1.165) is 37.0 Å². The van der Waals surface area contributed by atoms with Crippen LogP contribution in [0, 0.1) is 6.92 Å². The van der Waals surface area contributed by atoms with Gasteiger partial charge in [0.25, 0.3) is 0 Å². The molecular weight excluding hydrogens is 613 g/mol. The highest BCUT2D eigenvalue weighted by atomic mass is 35.5. The largest absolute Gasteiger partial charge is 0.495 e. The second-order valence-electron chi connectivity index (χ2n) is 11.1. The van der Waals surface area contributed by atoms with Crippen molar-refractivity contribution in [3.63, 3.8) is 0 Å². The quantitative estimate of drug-likeness (QED) is 0.170. The number of methoxy groups -OCH3 is 2. The van der Waals surface area contributed by atoms with Crippen LogP contribution in [0.15, 0.2) is 55.4 Å². The van der Waals surface area contributed by atoms with Crippen LogP contribution in [0.3, 0.4) is 0 Å². The number of pyridine rings is 1. The third-order valence-corrected chi connectivity index (χ3v) is 8.91. The van der Waals surface area contributed by atoms with Gasteiger partial charge >= 0.3 is 0 Å². The summed E-state index contributed by atoms with van der Waals surface area (Å²) in [7, 11) is 5.21. The molecule has 232 valence electrons. The first-order valence-electron chi connectivity index (χ1n) is 14.5. The van der Waals surface area contributed by atoms with Crippen LogP contribution >= 0.6 is 23.2 Å². The van der Waals surface area contributed by atoms with Crippen molar-refractivity contribution in [2.45, 2.75) is 25.7 Å². The third kappa shape index (κ3) is 5.88. The number of rotatable bonds is 8. The van der Waals surface area contributed by atoms with Gasteiger partial charge in [0.15, 0.2) is 5.65 Å². The SMILES string of the molecule is C=CC(=O)Nc1cc(C2CCN(C)CC2)ccc1Nc1ncc2cc(-c3c(Cl)c(OC)cc(OC)c3Cl)c3nc(C)cn3c2n1. The number of halogens is 2. The van der Waals surface area contributed by atoms with Gasteiger partial charge in [-0.25, -0.2) is 9.97 Å². The topological polar surface area (TPSA) is 106 Å². The summed E-state index contributed by atoms with van der Waals surface area (Å²) in [5.41, 5.74) is 5.68. The van der Waals surface area contributed by atoms with Crippen LogP contribution in [0.1, 0.15) is 30.0 Å². The summed E-state index contributed by atoms with van der Waals surface area (Å²) < 4.78 is 12.9. The molecule has 6 rings (SSSR count). The van der Waals surface area contributed by atoms with Crippen LogP contribution in [-0.2, 0) is 4.79 Å². The molecule has 1 saturated heterocycles. The molecule has 0 aliphatic carbocycles. The summed E-state index contributed by atoms with van der Waals surface area (Å²) in [6, 6.07) is 9.64. The molecule has 2 aromatic carbocycles. The predicted molar refractivity (Wildman–Crippen MR) is 180 cm³/mol. The number of fused-ring (bicyclic) bond motifs is 3. The molecule has 5 aromatic rings. The molecule has 1 fully saturated rings. The number of carbonyl (C=O) groups excluding carboxylic acids is 1. The van der Waals surface area contributed by atoms with Crippen molar-refractivity contribution in [3.05, 3.63) is 76.7 Å². The zero-order valence-corrected chi connectivity index (χ0v) is 27.0. The first-order valence-corrected chi connectivity index (χ1v) is 15.2. The van der Waals surface area contributed by atoms with Gasteiger partial charge in [-0.2, -0.15) is 4.98 Å². The minimum atomic E-state index is -0.298. The molecule has 0 spiro atoms. The Labute approximate surface area is 271 Å². The Morgan fingerprint density at radius 3 is 2.40 bits per heavy atom. The number of ether oxygens (including phenoxy) is 2. The van der Waals surface area contributed by atoms with E-state index in [0.29, 0.717) is 67.2 Å². The first-order chi connectivity index (χ1) is 21.7. The molecule has 1 amide bonds. The standard InChI is InChI=1S/C33H33Cl2N7O3/c1-6-27(43)38-24-14-20(19-9-11-41(3)12-10-19)7-8-23(24)39-33-36-16-21-13-22(32-37-18(2)17-42(32)31(21)40-33)28-29(34)25(44-4)15-26(45-5)30(28)35/h6-8,13-17,19H,1,9-12H2,2-5H3,(H,38,43)(H,36,39,40). The fourth-order valence-electron chi connectivity index (χ4n) is 5.79. The van der Waals surface area contributed by atoms with Gasteiger partial charge in [0.1, 0.15) is 17.1 Å². The van der Waals surface area contributed by atoms with Gasteiger partial charge in [-0.05, 0) is 75.7 Å². The highest BCUT2D eigenvalue weighted by molar-refractivity contribution is 6.41. The Bertz CT molecular complexity index is 1920. The number of hydrogen-bond donors (Lipinski definition) is 2. The molecule has 0 unspecified atom stereocenters. The van der Waals surface area contributed by atoms with E-state index >= 15 is 0 Å². The number of aromatic nitrogens is 4. The lowest BCUT2D eigenvalue weighted by atomic mass is 9.89. The highest BCUT2D eigenvalue weighted by Gasteiger charge is 2.24. The number of likely N-dealkylation sites (tertiary alicyclic amines) is 1. The van der Waals surface area contributed by atoms with E-state index in [1.54, 1.807) is 12.3 Å². The van der Waals surface area contributed by atoms with Crippen LogP contribution in [0.4, 0.5) is 17.3 Å². The van der Waals surface area contributed by atoms with E-state index in [4.69, 9.17) is 42.6 Å². The fraction of sp³-hybridized carbons (Fsp3) is 0.273. The van der Waals surface area contributed by atoms with Crippen molar-refractivity contribution >= 4 is 63.1 Å². The van der Waals surface area contributed by atoms with Crippen molar-refractivity contribution in [1.29, 1.82) is 0 Å².